The number of thiophene rings is 1. The molecule has 0 fully saturated rings. The second-order valence-corrected chi connectivity index (χ2v) is 6.47. The number of nitrogens with two attached hydrogens (primary N) is 1. The topological polar surface area (TPSA) is 80.5 Å². The molecule has 1 rings (SSSR count). The summed E-state index contributed by atoms with van der Waals surface area (Å²) in [4.78, 5) is 13.6. The second kappa shape index (κ2) is 5.16. The standard InChI is InChI=1S/C10H16N2O3S2/c1-4-5-12(3)9(13)8-6-16-10(7(8)2)17(11,14)15/h6H,4-5H2,1-3H3,(H2,11,14,15). The van der Waals surface area contributed by atoms with Gasteiger partial charge >= 0.3 is 0 Å². The molecule has 1 aromatic rings. The summed E-state index contributed by atoms with van der Waals surface area (Å²) in [7, 11) is -2.04. The number of hydrogen-bond acceptors (Lipinski definition) is 4. The van der Waals surface area contributed by atoms with Crippen molar-refractivity contribution < 1.29 is 13.2 Å². The molecule has 0 unspecified atom stereocenters. The van der Waals surface area contributed by atoms with Gasteiger partial charge in [-0.15, -0.1) is 11.3 Å². The van der Waals surface area contributed by atoms with Crippen LogP contribution >= 0.6 is 11.3 Å². The van der Waals surface area contributed by atoms with Gasteiger partial charge in [-0.2, -0.15) is 0 Å². The molecule has 0 radical (unpaired) electrons. The van der Waals surface area contributed by atoms with Crippen molar-refractivity contribution in [1.82, 2.24) is 4.90 Å². The molecular weight excluding hydrogens is 260 g/mol. The van der Waals surface area contributed by atoms with Crippen molar-refractivity contribution in [2.45, 2.75) is 24.5 Å². The highest BCUT2D eigenvalue weighted by Crippen LogP contribution is 2.26. The van der Waals surface area contributed by atoms with Gasteiger partial charge < -0.3 is 4.90 Å². The zero-order valence-corrected chi connectivity index (χ0v) is 11.7. The van der Waals surface area contributed by atoms with Gasteiger partial charge in [0.15, 0.2) is 0 Å². The average molecular weight is 276 g/mol. The van der Waals surface area contributed by atoms with Gasteiger partial charge in [-0.3, -0.25) is 4.79 Å². The van der Waals surface area contributed by atoms with E-state index < -0.39 is 10.0 Å². The molecule has 0 spiro atoms. The second-order valence-electron chi connectivity index (χ2n) is 3.83. The van der Waals surface area contributed by atoms with Crippen molar-refractivity contribution in [2.24, 2.45) is 5.14 Å². The number of carbonyl (C=O) groups excluding carboxylic acids is 1. The van der Waals surface area contributed by atoms with Crippen LogP contribution < -0.4 is 5.14 Å². The number of carbonyl (C=O) groups is 1. The van der Waals surface area contributed by atoms with Crippen LogP contribution in [-0.4, -0.2) is 32.8 Å². The van der Waals surface area contributed by atoms with E-state index in [1.54, 1.807) is 24.3 Å². The highest BCUT2D eigenvalue weighted by molar-refractivity contribution is 7.91. The van der Waals surface area contributed by atoms with Crippen LogP contribution in [0.25, 0.3) is 0 Å². The molecule has 1 amide bonds. The van der Waals surface area contributed by atoms with Gasteiger partial charge in [-0.05, 0) is 18.9 Å². The van der Waals surface area contributed by atoms with Crippen molar-refractivity contribution in [3.8, 4) is 0 Å². The minimum atomic E-state index is -3.74. The summed E-state index contributed by atoms with van der Waals surface area (Å²) >= 11 is 0.986. The van der Waals surface area contributed by atoms with Gasteiger partial charge in [-0.25, -0.2) is 13.6 Å². The van der Waals surface area contributed by atoms with E-state index in [1.165, 1.54) is 0 Å². The number of primary sulfonamides is 1. The first-order chi connectivity index (χ1) is 7.79. The van der Waals surface area contributed by atoms with E-state index >= 15 is 0 Å². The molecule has 0 bridgehead atoms. The third-order valence-corrected chi connectivity index (χ3v) is 5.07. The Labute approximate surface area is 105 Å². The number of sulfonamides is 1. The van der Waals surface area contributed by atoms with Gasteiger partial charge in [0.25, 0.3) is 5.91 Å². The van der Waals surface area contributed by atoms with E-state index in [2.05, 4.69) is 0 Å². The SMILES string of the molecule is CCCN(C)C(=O)c1csc(S(N)(=O)=O)c1C. The maximum absolute atomic E-state index is 12.0. The molecule has 0 aliphatic carbocycles. The molecule has 96 valence electrons. The van der Waals surface area contributed by atoms with E-state index in [4.69, 9.17) is 5.14 Å². The summed E-state index contributed by atoms with van der Waals surface area (Å²) in [5, 5.41) is 6.61. The normalized spacial score (nSPS) is 11.5. The average Bonchev–Trinajstić information content (AvgIpc) is 2.58. The molecule has 0 atom stereocenters. The fourth-order valence-corrected chi connectivity index (χ4v) is 3.54. The molecule has 0 aromatic carbocycles. The lowest BCUT2D eigenvalue weighted by Crippen LogP contribution is -2.27. The molecule has 0 aliphatic rings. The van der Waals surface area contributed by atoms with E-state index in [0.29, 0.717) is 17.7 Å². The number of hydrogen-bond donors (Lipinski definition) is 1. The van der Waals surface area contributed by atoms with Gasteiger partial charge in [0.1, 0.15) is 4.21 Å². The Morgan fingerprint density at radius 2 is 2.12 bits per heavy atom. The fourth-order valence-electron chi connectivity index (χ4n) is 1.53. The number of amides is 1. The Balaban J connectivity index is 3.10. The third-order valence-electron chi connectivity index (χ3n) is 2.39. The van der Waals surface area contributed by atoms with Crippen molar-refractivity contribution >= 4 is 27.3 Å². The maximum atomic E-state index is 12.0. The Morgan fingerprint density at radius 1 is 1.53 bits per heavy atom. The van der Waals surface area contributed by atoms with E-state index in [0.717, 1.165) is 17.8 Å². The maximum Gasteiger partial charge on any atom is 0.254 e. The summed E-state index contributed by atoms with van der Waals surface area (Å²) in [5.74, 6) is -0.171. The monoisotopic (exact) mass is 276 g/mol. The van der Waals surface area contributed by atoms with Gasteiger partial charge in [0, 0.05) is 19.0 Å². The first-order valence-electron chi connectivity index (χ1n) is 5.15. The Kier molecular flexibility index (Phi) is 4.29. The highest BCUT2D eigenvalue weighted by atomic mass is 32.2. The Hall–Kier alpha value is -0.920. The summed E-state index contributed by atoms with van der Waals surface area (Å²) in [6, 6.07) is 0. The lowest BCUT2D eigenvalue weighted by Gasteiger charge is -2.15. The van der Waals surface area contributed by atoms with Gasteiger partial charge in [-0.1, -0.05) is 6.92 Å². The predicted molar refractivity (Wildman–Crippen MR) is 67.7 cm³/mol. The zero-order chi connectivity index (χ0) is 13.2. The fraction of sp³-hybridized carbons (Fsp3) is 0.500. The lowest BCUT2D eigenvalue weighted by atomic mass is 10.2. The largest absolute Gasteiger partial charge is 0.342 e. The smallest absolute Gasteiger partial charge is 0.254 e. The van der Waals surface area contributed by atoms with E-state index in [-0.39, 0.29) is 10.1 Å². The van der Waals surface area contributed by atoms with Crippen LogP contribution in [0.3, 0.4) is 0 Å². The van der Waals surface area contributed by atoms with Crippen LogP contribution in [0, 0.1) is 6.92 Å². The molecule has 1 heterocycles. The highest BCUT2D eigenvalue weighted by Gasteiger charge is 2.22. The van der Waals surface area contributed by atoms with Crippen LogP contribution in [0.15, 0.2) is 9.59 Å². The summed E-state index contributed by atoms with van der Waals surface area (Å²) in [5.41, 5.74) is 0.848. The molecular formula is C10H16N2O3S2. The molecule has 1 aromatic heterocycles. The van der Waals surface area contributed by atoms with Crippen LogP contribution in [0.1, 0.15) is 29.3 Å². The molecule has 0 saturated heterocycles. The van der Waals surface area contributed by atoms with Crippen molar-refractivity contribution in [3.63, 3.8) is 0 Å². The lowest BCUT2D eigenvalue weighted by molar-refractivity contribution is 0.0795. The van der Waals surface area contributed by atoms with Crippen LogP contribution in [0.2, 0.25) is 0 Å². The first kappa shape index (κ1) is 14.1. The van der Waals surface area contributed by atoms with Crippen LogP contribution in [-0.2, 0) is 10.0 Å². The number of rotatable bonds is 4. The quantitative estimate of drug-likeness (QED) is 0.896. The Bertz CT molecular complexity index is 520. The molecule has 5 nitrogen and oxygen atoms in total. The zero-order valence-electron chi connectivity index (χ0n) is 10.1. The van der Waals surface area contributed by atoms with Gasteiger partial charge in [0.05, 0.1) is 5.56 Å². The molecule has 2 N–H and O–H groups in total. The first-order valence-corrected chi connectivity index (χ1v) is 7.58. The minimum Gasteiger partial charge on any atom is -0.342 e. The molecule has 0 aliphatic heterocycles. The summed E-state index contributed by atoms with van der Waals surface area (Å²) in [6.07, 6.45) is 0.855. The van der Waals surface area contributed by atoms with E-state index in [1.807, 2.05) is 6.92 Å². The summed E-state index contributed by atoms with van der Waals surface area (Å²) < 4.78 is 22.6. The van der Waals surface area contributed by atoms with E-state index in [9.17, 15) is 13.2 Å². The Morgan fingerprint density at radius 3 is 2.53 bits per heavy atom. The minimum absolute atomic E-state index is 0.0609. The molecule has 17 heavy (non-hydrogen) atoms. The third kappa shape index (κ3) is 3.05. The van der Waals surface area contributed by atoms with Crippen LogP contribution in [0.4, 0.5) is 0 Å². The van der Waals surface area contributed by atoms with Gasteiger partial charge in [0.2, 0.25) is 10.0 Å². The predicted octanol–water partition coefficient (Wildman–Crippen LogP) is 1.19. The van der Waals surface area contributed by atoms with Crippen LogP contribution in [0.5, 0.6) is 0 Å². The number of nitrogens with zero attached hydrogens (tertiary/aromatic N) is 1. The van der Waals surface area contributed by atoms with Crippen molar-refractivity contribution in [1.29, 1.82) is 0 Å². The molecule has 7 heteroatoms. The summed E-state index contributed by atoms with van der Waals surface area (Å²) in [6.45, 7) is 4.21. The molecule has 0 saturated carbocycles. The van der Waals surface area contributed by atoms with Crippen molar-refractivity contribution in [2.75, 3.05) is 13.6 Å². The van der Waals surface area contributed by atoms with Crippen molar-refractivity contribution in [3.05, 3.63) is 16.5 Å².